The lowest BCUT2D eigenvalue weighted by Crippen LogP contribution is -2.24. The van der Waals surface area contributed by atoms with Gasteiger partial charge >= 0.3 is 0 Å². The second-order valence-corrected chi connectivity index (χ2v) is 5.75. The number of aromatic nitrogens is 2. The highest BCUT2D eigenvalue weighted by molar-refractivity contribution is 5.93. The first-order chi connectivity index (χ1) is 12.2. The molecule has 0 radical (unpaired) electrons. The molecule has 0 fully saturated rings. The van der Waals surface area contributed by atoms with Gasteiger partial charge in [-0.2, -0.15) is 0 Å². The van der Waals surface area contributed by atoms with E-state index in [1.54, 1.807) is 18.5 Å². The van der Waals surface area contributed by atoms with Crippen molar-refractivity contribution in [2.45, 2.75) is 20.0 Å². The van der Waals surface area contributed by atoms with Crippen LogP contribution in [0.25, 0.3) is 0 Å². The second-order valence-electron chi connectivity index (χ2n) is 5.75. The molecule has 2 aromatic heterocycles. The highest BCUT2D eigenvalue weighted by Crippen LogP contribution is 2.11. The number of aryl methyl sites for hydroxylation is 1. The SMILES string of the molecule is Cc1ccccc1CNC(=O)c1cc(NCc2cccnc2)ccn1. The van der Waals surface area contributed by atoms with Gasteiger partial charge in [-0.1, -0.05) is 30.3 Å². The lowest BCUT2D eigenvalue weighted by Gasteiger charge is -2.09. The summed E-state index contributed by atoms with van der Waals surface area (Å²) in [6.07, 6.45) is 5.19. The molecule has 5 heteroatoms. The van der Waals surface area contributed by atoms with Crippen LogP contribution >= 0.6 is 0 Å². The van der Waals surface area contributed by atoms with Gasteiger partial charge in [0, 0.05) is 37.4 Å². The topological polar surface area (TPSA) is 66.9 Å². The molecule has 25 heavy (non-hydrogen) atoms. The fourth-order valence-corrected chi connectivity index (χ4v) is 2.45. The smallest absolute Gasteiger partial charge is 0.270 e. The summed E-state index contributed by atoms with van der Waals surface area (Å²) in [6.45, 7) is 3.16. The van der Waals surface area contributed by atoms with Crippen molar-refractivity contribution >= 4 is 11.6 Å². The number of rotatable bonds is 6. The fourth-order valence-electron chi connectivity index (χ4n) is 2.45. The van der Waals surface area contributed by atoms with Gasteiger partial charge in [0.25, 0.3) is 5.91 Å². The van der Waals surface area contributed by atoms with E-state index in [1.807, 2.05) is 55.6 Å². The number of carbonyl (C=O) groups excluding carboxylic acids is 1. The van der Waals surface area contributed by atoms with Gasteiger partial charge in [-0.05, 0) is 41.8 Å². The number of hydrogen-bond donors (Lipinski definition) is 2. The van der Waals surface area contributed by atoms with Crippen LogP contribution in [0, 0.1) is 6.92 Å². The normalized spacial score (nSPS) is 10.3. The van der Waals surface area contributed by atoms with Crippen LogP contribution < -0.4 is 10.6 Å². The number of anilines is 1. The van der Waals surface area contributed by atoms with E-state index in [1.165, 1.54) is 0 Å². The summed E-state index contributed by atoms with van der Waals surface area (Å²) >= 11 is 0. The summed E-state index contributed by atoms with van der Waals surface area (Å²) in [5, 5.41) is 6.20. The third kappa shape index (κ3) is 4.64. The van der Waals surface area contributed by atoms with E-state index in [9.17, 15) is 4.79 Å². The molecule has 3 aromatic rings. The standard InChI is InChI=1S/C20H20N4O/c1-15-5-2-3-7-17(15)14-24-20(25)19-11-18(8-10-22-19)23-13-16-6-4-9-21-12-16/h2-12H,13-14H2,1H3,(H,22,23)(H,24,25). The molecule has 2 heterocycles. The van der Waals surface area contributed by atoms with Crippen molar-refractivity contribution in [3.05, 3.63) is 89.5 Å². The number of benzene rings is 1. The molecule has 3 rings (SSSR count). The molecule has 2 N–H and O–H groups in total. The van der Waals surface area contributed by atoms with Gasteiger partial charge in [0.2, 0.25) is 0 Å². The van der Waals surface area contributed by atoms with E-state index < -0.39 is 0 Å². The lowest BCUT2D eigenvalue weighted by molar-refractivity contribution is 0.0946. The molecule has 0 saturated carbocycles. The molecule has 0 aliphatic rings. The molecule has 0 bridgehead atoms. The molecule has 0 spiro atoms. The number of amides is 1. The summed E-state index contributed by atoms with van der Waals surface area (Å²) in [7, 11) is 0. The Bertz CT molecular complexity index is 849. The Morgan fingerprint density at radius 2 is 1.92 bits per heavy atom. The Morgan fingerprint density at radius 3 is 2.72 bits per heavy atom. The van der Waals surface area contributed by atoms with Crippen LogP contribution in [0.2, 0.25) is 0 Å². The van der Waals surface area contributed by atoms with Gasteiger partial charge in [0.1, 0.15) is 5.69 Å². The summed E-state index contributed by atoms with van der Waals surface area (Å²) in [6, 6.07) is 15.5. The molecule has 1 aromatic carbocycles. The van der Waals surface area contributed by atoms with E-state index >= 15 is 0 Å². The largest absolute Gasteiger partial charge is 0.381 e. The first-order valence-electron chi connectivity index (χ1n) is 8.14. The fraction of sp³-hybridized carbons (Fsp3) is 0.150. The van der Waals surface area contributed by atoms with Gasteiger partial charge in [-0.15, -0.1) is 0 Å². The highest BCUT2D eigenvalue weighted by atomic mass is 16.1. The molecular weight excluding hydrogens is 312 g/mol. The van der Waals surface area contributed by atoms with Gasteiger partial charge in [0.05, 0.1) is 0 Å². The minimum atomic E-state index is -0.187. The lowest BCUT2D eigenvalue weighted by atomic mass is 10.1. The van der Waals surface area contributed by atoms with Crippen molar-refractivity contribution in [3.63, 3.8) is 0 Å². The van der Waals surface area contributed by atoms with Gasteiger partial charge in [-0.3, -0.25) is 14.8 Å². The first-order valence-corrected chi connectivity index (χ1v) is 8.14. The zero-order valence-electron chi connectivity index (χ0n) is 14.1. The van der Waals surface area contributed by atoms with Crippen molar-refractivity contribution in [1.82, 2.24) is 15.3 Å². The van der Waals surface area contributed by atoms with Crippen molar-refractivity contribution in [2.75, 3.05) is 5.32 Å². The molecule has 0 saturated heterocycles. The Hall–Kier alpha value is -3.21. The van der Waals surface area contributed by atoms with Gasteiger partial charge < -0.3 is 10.6 Å². The number of nitrogens with one attached hydrogen (secondary N) is 2. The molecule has 5 nitrogen and oxygen atoms in total. The van der Waals surface area contributed by atoms with E-state index in [-0.39, 0.29) is 5.91 Å². The summed E-state index contributed by atoms with van der Waals surface area (Å²) < 4.78 is 0. The van der Waals surface area contributed by atoms with Crippen molar-refractivity contribution in [1.29, 1.82) is 0 Å². The van der Waals surface area contributed by atoms with Crippen LogP contribution in [0.15, 0.2) is 67.1 Å². The quantitative estimate of drug-likeness (QED) is 0.726. The van der Waals surface area contributed by atoms with E-state index in [4.69, 9.17) is 0 Å². The highest BCUT2D eigenvalue weighted by Gasteiger charge is 2.08. The van der Waals surface area contributed by atoms with Crippen LogP contribution in [-0.4, -0.2) is 15.9 Å². The van der Waals surface area contributed by atoms with Crippen LogP contribution in [0.4, 0.5) is 5.69 Å². The number of pyridine rings is 2. The minimum absolute atomic E-state index is 0.187. The average Bonchev–Trinajstić information content (AvgIpc) is 2.66. The predicted octanol–water partition coefficient (Wildman–Crippen LogP) is 3.33. The van der Waals surface area contributed by atoms with Crippen LogP contribution in [0.5, 0.6) is 0 Å². The second kappa shape index (κ2) is 8.06. The van der Waals surface area contributed by atoms with Crippen molar-refractivity contribution in [3.8, 4) is 0 Å². The average molecular weight is 332 g/mol. The Kier molecular flexibility index (Phi) is 5.36. The van der Waals surface area contributed by atoms with E-state index in [0.29, 0.717) is 18.8 Å². The summed E-state index contributed by atoms with van der Waals surface area (Å²) in [5.74, 6) is -0.187. The van der Waals surface area contributed by atoms with Crippen LogP contribution in [0.3, 0.4) is 0 Å². The Labute approximate surface area is 147 Å². The Morgan fingerprint density at radius 1 is 1.04 bits per heavy atom. The number of hydrogen-bond acceptors (Lipinski definition) is 4. The van der Waals surface area contributed by atoms with Gasteiger partial charge in [0.15, 0.2) is 0 Å². The van der Waals surface area contributed by atoms with E-state index in [2.05, 4.69) is 20.6 Å². The van der Waals surface area contributed by atoms with Crippen molar-refractivity contribution in [2.24, 2.45) is 0 Å². The third-order valence-corrected chi connectivity index (χ3v) is 3.91. The molecule has 0 aliphatic carbocycles. The maximum Gasteiger partial charge on any atom is 0.270 e. The summed E-state index contributed by atoms with van der Waals surface area (Å²) in [4.78, 5) is 20.6. The zero-order valence-corrected chi connectivity index (χ0v) is 14.1. The predicted molar refractivity (Wildman–Crippen MR) is 98.1 cm³/mol. The minimum Gasteiger partial charge on any atom is -0.381 e. The van der Waals surface area contributed by atoms with Crippen LogP contribution in [0.1, 0.15) is 27.2 Å². The molecular formula is C20H20N4O. The monoisotopic (exact) mass is 332 g/mol. The Balaban J connectivity index is 1.60. The van der Waals surface area contributed by atoms with Crippen LogP contribution in [-0.2, 0) is 13.1 Å². The van der Waals surface area contributed by atoms with Gasteiger partial charge in [-0.25, -0.2) is 0 Å². The molecule has 0 unspecified atom stereocenters. The molecule has 0 atom stereocenters. The summed E-state index contributed by atoms with van der Waals surface area (Å²) in [5.41, 5.74) is 4.57. The molecule has 0 aliphatic heterocycles. The first kappa shape index (κ1) is 16.6. The number of nitrogens with zero attached hydrogens (tertiary/aromatic N) is 2. The zero-order chi connectivity index (χ0) is 17.5. The maximum absolute atomic E-state index is 12.3. The third-order valence-electron chi connectivity index (χ3n) is 3.91. The van der Waals surface area contributed by atoms with E-state index in [0.717, 1.165) is 22.4 Å². The molecule has 1 amide bonds. The maximum atomic E-state index is 12.3. The van der Waals surface area contributed by atoms with Crippen molar-refractivity contribution < 1.29 is 4.79 Å². The molecule has 126 valence electrons. The number of carbonyl (C=O) groups is 1.